The molecule has 0 spiro atoms. The summed E-state index contributed by atoms with van der Waals surface area (Å²) in [6.07, 6.45) is 1.72. The Bertz CT molecular complexity index is 546. The number of nitrogens with one attached hydrogen (secondary N) is 1. The molecule has 18 heavy (non-hydrogen) atoms. The first-order chi connectivity index (χ1) is 8.65. The summed E-state index contributed by atoms with van der Waals surface area (Å²) in [6, 6.07) is 6.76. The molecule has 1 heterocycles. The monoisotopic (exact) mass is 309 g/mol. The van der Waals surface area contributed by atoms with E-state index < -0.39 is 0 Å². The highest BCUT2D eigenvalue weighted by Crippen LogP contribution is 2.15. The quantitative estimate of drug-likeness (QED) is 0.943. The predicted octanol–water partition coefficient (Wildman–Crippen LogP) is 2.98. The van der Waals surface area contributed by atoms with Crippen LogP contribution in [0.1, 0.15) is 17.1 Å². The van der Waals surface area contributed by atoms with Gasteiger partial charge < -0.3 is 5.32 Å². The smallest absolute Gasteiger partial charge is 0.127 e. The summed E-state index contributed by atoms with van der Waals surface area (Å²) in [5.74, 6) is 0.535. The van der Waals surface area contributed by atoms with Crippen LogP contribution in [0, 0.1) is 12.7 Å². The summed E-state index contributed by atoms with van der Waals surface area (Å²) in [5, 5.41) is 3.16. The van der Waals surface area contributed by atoms with Crippen LogP contribution in [0.5, 0.6) is 0 Å². The highest BCUT2D eigenvalue weighted by Gasteiger charge is 2.03. The maximum absolute atomic E-state index is 13.5. The average Bonchev–Trinajstić information content (AvgIpc) is 2.34. The Morgan fingerprint density at radius 1 is 1.28 bits per heavy atom. The number of benzene rings is 1. The van der Waals surface area contributed by atoms with Crippen molar-refractivity contribution in [3.05, 3.63) is 57.8 Å². The zero-order valence-corrected chi connectivity index (χ0v) is 11.5. The fourth-order valence-electron chi connectivity index (χ4n) is 1.61. The van der Waals surface area contributed by atoms with Crippen molar-refractivity contribution in [2.75, 3.05) is 0 Å². The van der Waals surface area contributed by atoms with Gasteiger partial charge in [0.2, 0.25) is 0 Å². The molecule has 1 N–H and O–H groups in total. The molecule has 0 aliphatic rings. The first-order valence-corrected chi connectivity index (χ1v) is 6.37. The summed E-state index contributed by atoms with van der Waals surface area (Å²) < 4.78 is 14.3. The highest BCUT2D eigenvalue weighted by molar-refractivity contribution is 9.10. The van der Waals surface area contributed by atoms with Crippen molar-refractivity contribution >= 4 is 15.9 Å². The predicted molar refractivity (Wildman–Crippen MR) is 71.4 cm³/mol. The molecule has 0 atom stereocenters. The summed E-state index contributed by atoms with van der Waals surface area (Å²) in [4.78, 5) is 8.29. The molecule has 1 aromatic carbocycles. The second-order valence-corrected chi connectivity index (χ2v) is 4.85. The van der Waals surface area contributed by atoms with Gasteiger partial charge in [0.05, 0.1) is 5.69 Å². The van der Waals surface area contributed by atoms with Crippen LogP contribution >= 0.6 is 15.9 Å². The van der Waals surface area contributed by atoms with Gasteiger partial charge in [-0.1, -0.05) is 15.9 Å². The minimum absolute atomic E-state index is 0.204. The summed E-state index contributed by atoms with van der Waals surface area (Å²) in [7, 11) is 0. The fourth-order valence-corrected chi connectivity index (χ4v) is 2.02. The number of nitrogens with zero attached hydrogens (tertiary/aromatic N) is 2. The Morgan fingerprint density at radius 3 is 2.89 bits per heavy atom. The number of aromatic nitrogens is 2. The topological polar surface area (TPSA) is 37.8 Å². The van der Waals surface area contributed by atoms with Gasteiger partial charge >= 0.3 is 0 Å². The molecule has 0 aliphatic heterocycles. The van der Waals surface area contributed by atoms with Crippen molar-refractivity contribution in [3.63, 3.8) is 0 Å². The Hall–Kier alpha value is -1.33. The SMILES string of the molecule is Cc1nccc(CNCc2cc(Br)ccc2F)n1. The molecule has 2 aromatic rings. The van der Waals surface area contributed by atoms with Crippen molar-refractivity contribution < 1.29 is 4.39 Å². The minimum atomic E-state index is -0.204. The lowest BCUT2D eigenvalue weighted by atomic mass is 10.2. The normalized spacial score (nSPS) is 10.6. The maximum atomic E-state index is 13.5. The molecule has 0 aliphatic carbocycles. The van der Waals surface area contributed by atoms with Gasteiger partial charge in [0.1, 0.15) is 11.6 Å². The average molecular weight is 310 g/mol. The van der Waals surface area contributed by atoms with Gasteiger partial charge in [0.25, 0.3) is 0 Å². The molecule has 2 rings (SSSR count). The molecular formula is C13H13BrFN3. The number of aryl methyl sites for hydroxylation is 1. The van der Waals surface area contributed by atoms with Crippen LogP contribution in [-0.4, -0.2) is 9.97 Å². The molecule has 0 bridgehead atoms. The lowest BCUT2D eigenvalue weighted by molar-refractivity contribution is 0.585. The molecule has 3 nitrogen and oxygen atoms in total. The minimum Gasteiger partial charge on any atom is -0.307 e. The third-order valence-corrected chi connectivity index (χ3v) is 2.96. The number of halogens is 2. The number of hydrogen-bond donors (Lipinski definition) is 1. The summed E-state index contributed by atoms with van der Waals surface area (Å²) in [6.45, 7) is 2.90. The van der Waals surface area contributed by atoms with Crippen molar-refractivity contribution in [2.45, 2.75) is 20.0 Å². The molecule has 1 aromatic heterocycles. The molecule has 0 unspecified atom stereocenters. The van der Waals surface area contributed by atoms with Crippen LogP contribution in [0.25, 0.3) is 0 Å². The molecule has 0 fully saturated rings. The first kappa shape index (κ1) is 13.1. The van der Waals surface area contributed by atoms with Crippen LogP contribution in [0.15, 0.2) is 34.9 Å². The first-order valence-electron chi connectivity index (χ1n) is 5.58. The Labute approximate surface area is 114 Å². The van der Waals surface area contributed by atoms with Gasteiger partial charge in [0, 0.05) is 29.3 Å². The van der Waals surface area contributed by atoms with Crippen LogP contribution in [-0.2, 0) is 13.1 Å². The van der Waals surface area contributed by atoms with Gasteiger partial charge in [-0.2, -0.15) is 0 Å². The third-order valence-electron chi connectivity index (χ3n) is 2.46. The lowest BCUT2D eigenvalue weighted by Gasteiger charge is -2.06. The van der Waals surface area contributed by atoms with Gasteiger partial charge in [-0.15, -0.1) is 0 Å². The van der Waals surface area contributed by atoms with E-state index in [0.717, 1.165) is 16.0 Å². The van der Waals surface area contributed by atoms with E-state index in [2.05, 4.69) is 31.2 Å². The van der Waals surface area contributed by atoms with E-state index in [1.54, 1.807) is 18.3 Å². The third kappa shape index (κ3) is 3.58. The van der Waals surface area contributed by atoms with Crippen LogP contribution in [0.2, 0.25) is 0 Å². The molecule has 5 heteroatoms. The lowest BCUT2D eigenvalue weighted by Crippen LogP contribution is -2.15. The van der Waals surface area contributed by atoms with E-state index in [0.29, 0.717) is 18.7 Å². The molecule has 0 radical (unpaired) electrons. The van der Waals surface area contributed by atoms with Gasteiger partial charge in [0.15, 0.2) is 0 Å². The fraction of sp³-hybridized carbons (Fsp3) is 0.231. The van der Waals surface area contributed by atoms with Crippen LogP contribution < -0.4 is 5.32 Å². The van der Waals surface area contributed by atoms with Crippen molar-refractivity contribution in [2.24, 2.45) is 0 Å². The maximum Gasteiger partial charge on any atom is 0.127 e. The molecule has 0 amide bonds. The van der Waals surface area contributed by atoms with Crippen molar-refractivity contribution in [3.8, 4) is 0 Å². The van der Waals surface area contributed by atoms with Crippen molar-refractivity contribution in [1.29, 1.82) is 0 Å². The standard InChI is InChI=1S/C13H13BrFN3/c1-9-17-5-4-12(18-9)8-16-7-10-6-11(14)2-3-13(10)15/h2-6,16H,7-8H2,1H3. The Kier molecular flexibility index (Phi) is 4.38. The Morgan fingerprint density at radius 2 is 2.11 bits per heavy atom. The van der Waals surface area contributed by atoms with E-state index >= 15 is 0 Å². The van der Waals surface area contributed by atoms with E-state index in [1.807, 2.05) is 13.0 Å². The zero-order chi connectivity index (χ0) is 13.0. The Balaban J connectivity index is 1.94. The summed E-state index contributed by atoms with van der Waals surface area (Å²) >= 11 is 3.33. The molecular weight excluding hydrogens is 297 g/mol. The highest BCUT2D eigenvalue weighted by atomic mass is 79.9. The van der Waals surface area contributed by atoms with E-state index in [9.17, 15) is 4.39 Å². The van der Waals surface area contributed by atoms with Crippen LogP contribution in [0.3, 0.4) is 0 Å². The van der Waals surface area contributed by atoms with E-state index in [1.165, 1.54) is 6.07 Å². The summed E-state index contributed by atoms with van der Waals surface area (Å²) in [5.41, 5.74) is 1.54. The zero-order valence-electron chi connectivity index (χ0n) is 9.95. The van der Waals surface area contributed by atoms with E-state index in [-0.39, 0.29) is 5.82 Å². The van der Waals surface area contributed by atoms with Gasteiger partial charge in [-0.05, 0) is 31.2 Å². The second-order valence-electron chi connectivity index (χ2n) is 3.93. The van der Waals surface area contributed by atoms with Crippen molar-refractivity contribution in [1.82, 2.24) is 15.3 Å². The van der Waals surface area contributed by atoms with Gasteiger partial charge in [-0.3, -0.25) is 0 Å². The second kappa shape index (κ2) is 6.02. The number of rotatable bonds is 4. The van der Waals surface area contributed by atoms with Crippen LogP contribution in [0.4, 0.5) is 4.39 Å². The molecule has 0 saturated carbocycles. The molecule has 94 valence electrons. The van der Waals surface area contributed by atoms with E-state index in [4.69, 9.17) is 0 Å². The van der Waals surface area contributed by atoms with Gasteiger partial charge in [-0.25, -0.2) is 14.4 Å². The largest absolute Gasteiger partial charge is 0.307 e. The number of hydrogen-bond acceptors (Lipinski definition) is 3. The molecule has 0 saturated heterocycles.